The number of rotatable bonds is 3. The van der Waals surface area contributed by atoms with Gasteiger partial charge in [-0.15, -0.1) is 0 Å². The molecule has 0 atom stereocenters. The van der Waals surface area contributed by atoms with Crippen molar-refractivity contribution in [3.63, 3.8) is 0 Å². The van der Waals surface area contributed by atoms with Crippen LogP contribution in [0.1, 0.15) is 21.6 Å². The Hall–Kier alpha value is -1.81. The lowest BCUT2D eigenvalue weighted by Gasteiger charge is -2.04. The lowest BCUT2D eigenvalue weighted by Crippen LogP contribution is -2.08. The minimum absolute atomic E-state index is 0.00259. The van der Waals surface area contributed by atoms with Crippen LogP contribution in [0.5, 0.6) is 0 Å². The van der Waals surface area contributed by atoms with Gasteiger partial charge in [-0.25, -0.2) is 14.4 Å². The molecule has 0 aliphatic heterocycles. The summed E-state index contributed by atoms with van der Waals surface area (Å²) in [5.41, 5.74) is 0.993. The summed E-state index contributed by atoms with van der Waals surface area (Å²) in [5.74, 6) is -0.811. The summed E-state index contributed by atoms with van der Waals surface area (Å²) in [6.07, 6.45) is 1.47. The summed E-state index contributed by atoms with van der Waals surface area (Å²) in [6.45, 7) is 1.62. The van der Waals surface area contributed by atoms with Crippen LogP contribution in [0.2, 0.25) is 5.28 Å². The Bertz CT molecular complexity index is 601. The van der Waals surface area contributed by atoms with E-state index in [1.165, 1.54) is 12.3 Å². The number of hydrogen-bond acceptors (Lipinski definition) is 3. The van der Waals surface area contributed by atoms with Crippen molar-refractivity contribution in [2.24, 2.45) is 0 Å². The zero-order valence-electron chi connectivity index (χ0n) is 9.65. The average Bonchev–Trinajstić information content (AvgIpc) is 2.32. The molecule has 0 aliphatic rings. The second kappa shape index (κ2) is 5.23. The molecule has 0 saturated heterocycles. The Morgan fingerprint density at radius 1 is 1.39 bits per heavy atom. The highest BCUT2D eigenvalue weighted by Crippen LogP contribution is 2.14. The minimum atomic E-state index is -0.484. The van der Waals surface area contributed by atoms with Crippen LogP contribution in [0.3, 0.4) is 0 Å². The monoisotopic (exact) mass is 264 g/mol. The quantitative estimate of drug-likeness (QED) is 0.632. The second-order valence-corrected chi connectivity index (χ2v) is 4.19. The first-order valence-corrected chi connectivity index (χ1v) is 5.71. The SMILES string of the molecule is Cc1cccc(C(=O)Cc2ccnc(Cl)n2)c1F. The number of aryl methyl sites for hydroxylation is 1. The largest absolute Gasteiger partial charge is 0.294 e. The Labute approximate surface area is 109 Å². The fourth-order valence-electron chi connectivity index (χ4n) is 1.59. The first-order valence-electron chi connectivity index (χ1n) is 5.33. The topological polar surface area (TPSA) is 42.9 Å². The molecule has 0 aliphatic carbocycles. The van der Waals surface area contributed by atoms with E-state index in [-0.39, 0.29) is 23.1 Å². The molecule has 0 unspecified atom stereocenters. The number of carbonyl (C=O) groups excluding carboxylic acids is 1. The number of halogens is 2. The summed E-state index contributed by atoms with van der Waals surface area (Å²) in [7, 11) is 0. The lowest BCUT2D eigenvalue weighted by atomic mass is 10.0. The minimum Gasteiger partial charge on any atom is -0.294 e. The van der Waals surface area contributed by atoms with E-state index in [1.807, 2.05) is 0 Å². The maximum Gasteiger partial charge on any atom is 0.222 e. The van der Waals surface area contributed by atoms with Crippen molar-refractivity contribution in [3.05, 3.63) is 58.4 Å². The van der Waals surface area contributed by atoms with E-state index < -0.39 is 5.82 Å². The predicted molar refractivity (Wildman–Crippen MR) is 66.2 cm³/mol. The molecule has 0 saturated carbocycles. The van der Waals surface area contributed by atoms with Crippen molar-refractivity contribution in [3.8, 4) is 0 Å². The molecule has 1 aromatic carbocycles. The van der Waals surface area contributed by atoms with Crippen LogP contribution in [0.4, 0.5) is 4.39 Å². The molecule has 5 heteroatoms. The number of Topliss-reactive ketones (excluding diaryl/α,β-unsaturated/α-hetero) is 1. The van der Waals surface area contributed by atoms with Crippen LogP contribution in [0.15, 0.2) is 30.5 Å². The van der Waals surface area contributed by atoms with Gasteiger partial charge in [0.15, 0.2) is 5.78 Å². The van der Waals surface area contributed by atoms with Crippen LogP contribution in [0, 0.1) is 12.7 Å². The maximum atomic E-state index is 13.8. The summed E-state index contributed by atoms with van der Waals surface area (Å²) < 4.78 is 13.8. The average molecular weight is 265 g/mol. The highest BCUT2D eigenvalue weighted by molar-refractivity contribution is 6.28. The molecule has 0 amide bonds. The van der Waals surface area contributed by atoms with E-state index in [9.17, 15) is 9.18 Å². The number of carbonyl (C=O) groups is 1. The van der Waals surface area contributed by atoms with Crippen LogP contribution in [0.25, 0.3) is 0 Å². The molecule has 18 heavy (non-hydrogen) atoms. The Morgan fingerprint density at radius 2 is 2.17 bits per heavy atom. The zero-order chi connectivity index (χ0) is 13.1. The number of aromatic nitrogens is 2. The van der Waals surface area contributed by atoms with E-state index in [0.717, 1.165) is 0 Å². The second-order valence-electron chi connectivity index (χ2n) is 3.85. The number of benzene rings is 1. The van der Waals surface area contributed by atoms with Gasteiger partial charge in [0, 0.05) is 6.20 Å². The molecule has 0 N–H and O–H groups in total. The van der Waals surface area contributed by atoms with Gasteiger partial charge in [0.2, 0.25) is 5.28 Å². The third kappa shape index (κ3) is 2.71. The fourth-order valence-corrected chi connectivity index (χ4v) is 1.76. The highest BCUT2D eigenvalue weighted by Gasteiger charge is 2.14. The number of hydrogen-bond donors (Lipinski definition) is 0. The van der Waals surface area contributed by atoms with E-state index >= 15 is 0 Å². The molecular weight excluding hydrogens is 255 g/mol. The van der Waals surface area contributed by atoms with Crippen LogP contribution in [-0.2, 0) is 6.42 Å². The molecule has 2 aromatic rings. The van der Waals surface area contributed by atoms with Crippen LogP contribution in [-0.4, -0.2) is 15.8 Å². The van der Waals surface area contributed by atoms with Gasteiger partial charge in [0.25, 0.3) is 0 Å². The van der Waals surface area contributed by atoms with Gasteiger partial charge in [-0.3, -0.25) is 4.79 Å². The molecular formula is C13H10ClFN2O. The van der Waals surface area contributed by atoms with Gasteiger partial charge < -0.3 is 0 Å². The Kier molecular flexibility index (Phi) is 3.67. The smallest absolute Gasteiger partial charge is 0.222 e. The van der Waals surface area contributed by atoms with Crippen molar-refractivity contribution in [1.82, 2.24) is 9.97 Å². The lowest BCUT2D eigenvalue weighted by molar-refractivity contribution is 0.0988. The fraction of sp³-hybridized carbons (Fsp3) is 0.154. The summed E-state index contributed by atoms with van der Waals surface area (Å²) in [4.78, 5) is 19.6. The normalized spacial score (nSPS) is 10.4. The number of ketones is 1. The van der Waals surface area contributed by atoms with Crippen LogP contribution >= 0.6 is 11.6 Å². The summed E-state index contributed by atoms with van der Waals surface area (Å²) in [6, 6.07) is 6.32. The van der Waals surface area contributed by atoms with Gasteiger partial charge in [0.1, 0.15) is 5.82 Å². The van der Waals surface area contributed by atoms with Gasteiger partial charge in [0.05, 0.1) is 17.7 Å². The number of nitrogens with zero attached hydrogens (tertiary/aromatic N) is 2. The Balaban J connectivity index is 2.25. The van der Waals surface area contributed by atoms with Crippen molar-refractivity contribution in [2.75, 3.05) is 0 Å². The third-order valence-corrected chi connectivity index (χ3v) is 2.70. The Morgan fingerprint density at radius 3 is 2.89 bits per heavy atom. The molecule has 1 aromatic heterocycles. The standard InChI is InChI=1S/C13H10ClFN2O/c1-8-3-2-4-10(12(8)15)11(18)7-9-5-6-16-13(14)17-9/h2-6H,7H2,1H3. The van der Waals surface area contributed by atoms with Crippen molar-refractivity contribution in [2.45, 2.75) is 13.3 Å². The van der Waals surface area contributed by atoms with E-state index in [2.05, 4.69) is 9.97 Å². The van der Waals surface area contributed by atoms with E-state index in [4.69, 9.17) is 11.6 Å². The molecule has 2 rings (SSSR count). The van der Waals surface area contributed by atoms with Gasteiger partial charge >= 0.3 is 0 Å². The predicted octanol–water partition coefficient (Wildman–Crippen LogP) is 3.00. The summed E-state index contributed by atoms with van der Waals surface area (Å²) in [5, 5.41) is 0.0741. The maximum absolute atomic E-state index is 13.8. The van der Waals surface area contributed by atoms with Crippen LogP contribution < -0.4 is 0 Å². The van der Waals surface area contributed by atoms with E-state index in [0.29, 0.717) is 11.3 Å². The molecule has 92 valence electrons. The molecule has 0 bridgehead atoms. The van der Waals surface area contributed by atoms with Crippen molar-refractivity contribution < 1.29 is 9.18 Å². The molecule has 0 spiro atoms. The molecule has 1 heterocycles. The molecule has 0 radical (unpaired) electrons. The zero-order valence-corrected chi connectivity index (χ0v) is 10.4. The van der Waals surface area contributed by atoms with Crippen molar-refractivity contribution in [1.29, 1.82) is 0 Å². The van der Waals surface area contributed by atoms with E-state index in [1.54, 1.807) is 25.1 Å². The first-order chi connectivity index (χ1) is 8.58. The molecule has 3 nitrogen and oxygen atoms in total. The molecule has 0 fully saturated rings. The first kappa shape index (κ1) is 12.6. The van der Waals surface area contributed by atoms with Gasteiger partial charge in [-0.2, -0.15) is 0 Å². The van der Waals surface area contributed by atoms with Crippen molar-refractivity contribution >= 4 is 17.4 Å². The summed E-state index contributed by atoms with van der Waals surface area (Å²) >= 11 is 5.62. The van der Waals surface area contributed by atoms with Gasteiger partial charge in [-0.05, 0) is 36.2 Å². The third-order valence-electron chi connectivity index (χ3n) is 2.52. The highest BCUT2D eigenvalue weighted by atomic mass is 35.5. The van der Waals surface area contributed by atoms with Gasteiger partial charge in [-0.1, -0.05) is 12.1 Å².